The van der Waals surface area contributed by atoms with Gasteiger partial charge >= 0.3 is 5.97 Å². The summed E-state index contributed by atoms with van der Waals surface area (Å²) in [5.41, 5.74) is -0.234. The van der Waals surface area contributed by atoms with Crippen LogP contribution in [0.2, 0.25) is 0 Å². The zero-order valence-electron chi connectivity index (χ0n) is 11.9. The van der Waals surface area contributed by atoms with Crippen molar-refractivity contribution in [3.05, 3.63) is 29.8 Å². The van der Waals surface area contributed by atoms with Gasteiger partial charge in [0.2, 0.25) is 5.91 Å². The van der Waals surface area contributed by atoms with Crippen LogP contribution in [-0.4, -0.2) is 41.5 Å². The molecule has 0 aliphatic heterocycles. The van der Waals surface area contributed by atoms with E-state index in [9.17, 15) is 18.4 Å². The molecule has 1 aromatic rings. The molecule has 0 saturated carbocycles. The lowest BCUT2D eigenvalue weighted by molar-refractivity contribution is -0.142. The predicted octanol–water partition coefficient (Wildman–Crippen LogP) is 1.95. The number of carboxylic acids is 1. The summed E-state index contributed by atoms with van der Waals surface area (Å²) in [7, 11) is 0. The number of carbonyl (C=O) groups is 2. The summed E-state index contributed by atoms with van der Waals surface area (Å²) < 4.78 is 26.4. The molecule has 0 aliphatic rings. The fourth-order valence-electron chi connectivity index (χ4n) is 1.76. The molecule has 116 valence electrons. The van der Waals surface area contributed by atoms with E-state index >= 15 is 0 Å². The molecule has 1 aromatic carbocycles. The number of halogens is 2. The Bertz CT molecular complexity index is 523. The number of hydrogen-bond donors (Lipinski definition) is 2. The highest BCUT2D eigenvalue weighted by Gasteiger charge is 2.18. The summed E-state index contributed by atoms with van der Waals surface area (Å²) >= 11 is 0. The van der Waals surface area contributed by atoms with Crippen LogP contribution in [0.5, 0.6) is 0 Å². The van der Waals surface area contributed by atoms with E-state index in [0.717, 1.165) is 18.2 Å². The summed E-state index contributed by atoms with van der Waals surface area (Å²) in [6.07, 6.45) is 0. The molecular formula is C14H18F2N2O3. The van der Waals surface area contributed by atoms with Crippen molar-refractivity contribution in [3.8, 4) is 0 Å². The maximum Gasteiger partial charge on any atom is 0.307 e. The van der Waals surface area contributed by atoms with Crippen LogP contribution in [0.3, 0.4) is 0 Å². The Morgan fingerprint density at radius 3 is 2.62 bits per heavy atom. The normalized spacial score (nSPS) is 12.2. The second-order valence-electron chi connectivity index (χ2n) is 4.74. The van der Waals surface area contributed by atoms with E-state index in [2.05, 4.69) is 5.32 Å². The third-order valence-corrected chi connectivity index (χ3v) is 2.97. The lowest BCUT2D eigenvalue weighted by atomic mass is 10.1. The average molecular weight is 300 g/mol. The Hall–Kier alpha value is -2.02. The third-order valence-electron chi connectivity index (χ3n) is 2.97. The van der Waals surface area contributed by atoms with Gasteiger partial charge in [0.05, 0.1) is 18.2 Å². The second kappa shape index (κ2) is 7.68. The van der Waals surface area contributed by atoms with Gasteiger partial charge in [0.1, 0.15) is 11.6 Å². The highest BCUT2D eigenvalue weighted by atomic mass is 19.1. The van der Waals surface area contributed by atoms with E-state index in [1.165, 1.54) is 6.92 Å². The van der Waals surface area contributed by atoms with Crippen LogP contribution in [0.15, 0.2) is 18.2 Å². The van der Waals surface area contributed by atoms with Crippen molar-refractivity contribution in [1.82, 2.24) is 4.90 Å². The molecule has 1 unspecified atom stereocenters. The number of nitrogens with one attached hydrogen (secondary N) is 1. The molecule has 1 rings (SSSR count). The van der Waals surface area contributed by atoms with Crippen LogP contribution in [0.1, 0.15) is 13.8 Å². The Kier molecular flexibility index (Phi) is 6.23. The van der Waals surface area contributed by atoms with Crippen LogP contribution >= 0.6 is 0 Å². The predicted molar refractivity (Wildman–Crippen MR) is 73.9 cm³/mol. The first-order chi connectivity index (χ1) is 9.83. The minimum atomic E-state index is -0.954. The first kappa shape index (κ1) is 17.0. The molecular weight excluding hydrogens is 282 g/mol. The lowest BCUT2D eigenvalue weighted by Crippen LogP contribution is -2.37. The first-order valence-corrected chi connectivity index (χ1v) is 6.53. The SMILES string of the molecule is CCN(CC(=O)Nc1cc(F)ccc1F)CC(C)C(=O)O. The lowest BCUT2D eigenvalue weighted by Gasteiger charge is -2.21. The highest BCUT2D eigenvalue weighted by molar-refractivity contribution is 5.92. The summed E-state index contributed by atoms with van der Waals surface area (Å²) in [5.74, 6) is -3.49. The maximum absolute atomic E-state index is 13.4. The summed E-state index contributed by atoms with van der Waals surface area (Å²) in [5, 5.41) is 11.1. The smallest absolute Gasteiger partial charge is 0.307 e. The van der Waals surface area contributed by atoms with E-state index in [1.54, 1.807) is 11.8 Å². The molecule has 1 atom stereocenters. The molecule has 0 aromatic heterocycles. The second-order valence-corrected chi connectivity index (χ2v) is 4.74. The molecule has 21 heavy (non-hydrogen) atoms. The van der Waals surface area contributed by atoms with E-state index in [-0.39, 0.29) is 18.8 Å². The number of carboxylic acid groups (broad SMARTS) is 1. The van der Waals surface area contributed by atoms with Gasteiger partial charge < -0.3 is 10.4 Å². The number of rotatable bonds is 7. The van der Waals surface area contributed by atoms with Crippen LogP contribution < -0.4 is 5.32 Å². The number of anilines is 1. The number of likely N-dealkylation sites (N-methyl/N-ethyl adjacent to an activating group) is 1. The minimum absolute atomic E-state index is 0.0932. The zero-order valence-corrected chi connectivity index (χ0v) is 11.9. The minimum Gasteiger partial charge on any atom is -0.481 e. The molecule has 0 heterocycles. The molecule has 0 fully saturated rings. The number of aliphatic carboxylic acids is 1. The van der Waals surface area contributed by atoms with Gasteiger partial charge in [-0.05, 0) is 18.7 Å². The van der Waals surface area contributed by atoms with Crippen molar-refractivity contribution in [2.45, 2.75) is 13.8 Å². The number of benzene rings is 1. The first-order valence-electron chi connectivity index (χ1n) is 6.53. The van der Waals surface area contributed by atoms with Gasteiger partial charge in [-0.25, -0.2) is 8.78 Å². The topological polar surface area (TPSA) is 69.6 Å². The fraction of sp³-hybridized carbons (Fsp3) is 0.429. The van der Waals surface area contributed by atoms with Gasteiger partial charge in [-0.15, -0.1) is 0 Å². The van der Waals surface area contributed by atoms with Crippen LogP contribution in [-0.2, 0) is 9.59 Å². The molecule has 1 amide bonds. The van der Waals surface area contributed by atoms with E-state index in [4.69, 9.17) is 5.11 Å². The van der Waals surface area contributed by atoms with Crippen LogP contribution in [0, 0.1) is 17.6 Å². The molecule has 7 heteroatoms. The van der Waals surface area contributed by atoms with E-state index < -0.39 is 29.4 Å². The molecule has 0 bridgehead atoms. The molecule has 2 N–H and O–H groups in total. The highest BCUT2D eigenvalue weighted by Crippen LogP contribution is 2.15. The summed E-state index contributed by atoms with van der Waals surface area (Å²) in [6, 6.07) is 2.77. The third kappa shape index (κ3) is 5.47. The number of amides is 1. The Balaban J connectivity index is 2.62. The van der Waals surface area contributed by atoms with Crippen molar-refractivity contribution in [2.75, 3.05) is 25.0 Å². The standard InChI is InChI=1S/C14H18F2N2O3/c1-3-18(7-9(2)14(20)21)8-13(19)17-12-6-10(15)4-5-11(12)16/h4-6,9H,3,7-8H2,1-2H3,(H,17,19)(H,20,21). The van der Waals surface area contributed by atoms with Gasteiger partial charge in [-0.2, -0.15) is 0 Å². The zero-order chi connectivity index (χ0) is 16.0. The summed E-state index contributed by atoms with van der Waals surface area (Å²) in [4.78, 5) is 24.2. The van der Waals surface area contributed by atoms with Gasteiger partial charge in [-0.3, -0.25) is 14.5 Å². The maximum atomic E-state index is 13.4. The fourth-order valence-corrected chi connectivity index (χ4v) is 1.76. The monoisotopic (exact) mass is 300 g/mol. The Morgan fingerprint density at radius 2 is 2.05 bits per heavy atom. The van der Waals surface area contributed by atoms with Crippen molar-refractivity contribution in [1.29, 1.82) is 0 Å². The Labute approximate surface area is 121 Å². The molecule has 0 saturated heterocycles. The van der Waals surface area contributed by atoms with Gasteiger partial charge in [0, 0.05) is 12.6 Å². The van der Waals surface area contributed by atoms with Crippen LogP contribution in [0.4, 0.5) is 14.5 Å². The Morgan fingerprint density at radius 1 is 1.38 bits per heavy atom. The molecule has 0 spiro atoms. The number of carbonyl (C=O) groups excluding carboxylic acids is 1. The van der Waals surface area contributed by atoms with Crippen molar-refractivity contribution < 1.29 is 23.5 Å². The molecule has 0 radical (unpaired) electrons. The van der Waals surface area contributed by atoms with Crippen molar-refractivity contribution in [3.63, 3.8) is 0 Å². The van der Waals surface area contributed by atoms with E-state index in [1.807, 2.05) is 0 Å². The number of hydrogen-bond acceptors (Lipinski definition) is 3. The number of nitrogens with zero attached hydrogens (tertiary/aromatic N) is 1. The largest absolute Gasteiger partial charge is 0.481 e. The van der Waals surface area contributed by atoms with Gasteiger partial charge in [-0.1, -0.05) is 13.8 Å². The van der Waals surface area contributed by atoms with Crippen molar-refractivity contribution in [2.24, 2.45) is 5.92 Å². The molecule has 5 nitrogen and oxygen atoms in total. The van der Waals surface area contributed by atoms with Crippen molar-refractivity contribution >= 4 is 17.6 Å². The van der Waals surface area contributed by atoms with E-state index in [0.29, 0.717) is 6.54 Å². The summed E-state index contributed by atoms with van der Waals surface area (Å²) in [6.45, 7) is 3.89. The van der Waals surface area contributed by atoms with Gasteiger partial charge in [0.25, 0.3) is 0 Å². The quantitative estimate of drug-likeness (QED) is 0.807. The average Bonchev–Trinajstić information content (AvgIpc) is 2.41. The van der Waals surface area contributed by atoms with Crippen LogP contribution in [0.25, 0.3) is 0 Å². The van der Waals surface area contributed by atoms with Gasteiger partial charge in [0.15, 0.2) is 0 Å². The molecule has 0 aliphatic carbocycles.